The van der Waals surface area contributed by atoms with Gasteiger partial charge in [0.15, 0.2) is 11.5 Å². The third-order valence-corrected chi connectivity index (χ3v) is 4.15. The summed E-state index contributed by atoms with van der Waals surface area (Å²) in [7, 11) is 1.67. The lowest BCUT2D eigenvalue weighted by Crippen LogP contribution is -2.18. The summed E-state index contributed by atoms with van der Waals surface area (Å²) in [4.78, 5) is 0. The summed E-state index contributed by atoms with van der Waals surface area (Å²) in [6, 6.07) is 14.4. The standard InChI is InChI=1S/C18H22BrNO2/c1-3-22-18-15(16(19)9-10-17(18)21-2)13-20-12-11-14-7-5-4-6-8-14/h4-10,20H,3,11-13H2,1-2H3. The summed E-state index contributed by atoms with van der Waals surface area (Å²) < 4.78 is 12.2. The van der Waals surface area contributed by atoms with Gasteiger partial charge in [-0.25, -0.2) is 0 Å². The van der Waals surface area contributed by atoms with E-state index in [1.54, 1.807) is 7.11 Å². The van der Waals surface area contributed by atoms with Crippen molar-refractivity contribution in [2.45, 2.75) is 19.9 Å². The average Bonchev–Trinajstić information content (AvgIpc) is 2.55. The van der Waals surface area contributed by atoms with Gasteiger partial charge in [-0.1, -0.05) is 46.3 Å². The molecule has 0 aromatic heterocycles. The third kappa shape index (κ3) is 4.49. The Labute approximate surface area is 140 Å². The first kappa shape index (κ1) is 16.8. The van der Waals surface area contributed by atoms with Crippen molar-refractivity contribution in [3.63, 3.8) is 0 Å². The van der Waals surface area contributed by atoms with E-state index in [0.29, 0.717) is 6.61 Å². The Morgan fingerprint density at radius 3 is 2.55 bits per heavy atom. The fourth-order valence-corrected chi connectivity index (χ4v) is 2.75. The molecule has 0 saturated heterocycles. The van der Waals surface area contributed by atoms with Gasteiger partial charge in [-0.15, -0.1) is 0 Å². The van der Waals surface area contributed by atoms with E-state index in [0.717, 1.165) is 41.0 Å². The number of methoxy groups -OCH3 is 1. The van der Waals surface area contributed by atoms with E-state index < -0.39 is 0 Å². The molecule has 0 aliphatic carbocycles. The van der Waals surface area contributed by atoms with Crippen molar-refractivity contribution in [2.75, 3.05) is 20.3 Å². The Bertz CT molecular complexity index is 587. The average molecular weight is 364 g/mol. The first-order valence-corrected chi connectivity index (χ1v) is 8.28. The molecule has 0 atom stereocenters. The van der Waals surface area contributed by atoms with E-state index in [-0.39, 0.29) is 0 Å². The highest BCUT2D eigenvalue weighted by Gasteiger charge is 2.13. The van der Waals surface area contributed by atoms with Crippen molar-refractivity contribution in [1.82, 2.24) is 5.32 Å². The fraction of sp³-hybridized carbons (Fsp3) is 0.333. The molecule has 2 aromatic rings. The zero-order chi connectivity index (χ0) is 15.8. The second-order valence-corrected chi connectivity index (χ2v) is 5.76. The van der Waals surface area contributed by atoms with Crippen molar-refractivity contribution in [2.24, 2.45) is 0 Å². The minimum atomic E-state index is 0.615. The van der Waals surface area contributed by atoms with E-state index in [2.05, 4.69) is 45.5 Å². The predicted molar refractivity (Wildman–Crippen MR) is 93.7 cm³/mol. The minimum Gasteiger partial charge on any atom is -0.493 e. The number of benzene rings is 2. The molecule has 0 heterocycles. The molecule has 0 amide bonds. The van der Waals surface area contributed by atoms with Gasteiger partial charge in [0.2, 0.25) is 0 Å². The van der Waals surface area contributed by atoms with E-state index in [4.69, 9.17) is 9.47 Å². The van der Waals surface area contributed by atoms with Crippen molar-refractivity contribution < 1.29 is 9.47 Å². The zero-order valence-electron chi connectivity index (χ0n) is 13.1. The number of hydrogen-bond acceptors (Lipinski definition) is 3. The van der Waals surface area contributed by atoms with Crippen LogP contribution in [-0.2, 0) is 13.0 Å². The lowest BCUT2D eigenvalue weighted by Gasteiger charge is -2.16. The Morgan fingerprint density at radius 2 is 1.86 bits per heavy atom. The Morgan fingerprint density at radius 1 is 1.09 bits per heavy atom. The van der Waals surface area contributed by atoms with Gasteiger partial charge in [0, 0.05) is 16.6 Å². The van der Waals surface area contributed by atoms with Crippen LogP contribution in [0.2, 0.25) is 0 Å². The van der Waals surface area contributed by atoms with Crippen LogP contribution in [-0.4, -0.2) is 20.3 Å². The van der Waals surface area contributed by atoms with Crippen LogP contribution in [0.1, 0.15) is 18.1 Å². The zero-order valence-corrected chi connectivity index (χ0v) is 14.7. The van der Waals surface area contributed by atoms with Crippen LogP contribution in [0.3, 0.4) is 0 Å². The van der Waals surface area contributed by atoms with E-state index in [1.807, 2.05) is 25.1 Å². The lowest BCUT2D eigenvalue weighted by atomic mass is 10.1. The smallest absolute Gasteiger partial charge is 0.166 e. The van der Waals surface area contributed by atoms with Gasteiger partial charge in [0.05, 0.1) is 13.7 Å². The third-order valence-electron chi connectivity index (χ3n) is 3.41. The molecule has 2 aromatic carbocycles. The maximum absolute atomic E-state index is 5.76. The molecule has 22 heavy (non-hydrogen) atoms. The molecular formula is C18H22BrNO2. The fourth-order valence-electron chi connectivity index (χ4n) is 2.30. The molecule has 1 N–H and O–H groups in total. The van der Waals surface area contributed by atoms with Crippen LogP contribution >= 0.6 is 15.9 Å². The topological polar surface area (TPSA) is 30.5 Å². The molecule has 0 radical (unpaired) electrons. The van der Waals surface area contributed by atoms with Gasteiger partial charge >= 0.3 is 0 Å². The summed E-state index contributed by atoms with van der Waals surface area (Å²) in [5, 5.41) is 3.48. The van der Waals surface area contributed by atoms with Crippen LogP contribution in [0.5, 0.6) is 11.5 Å². The van der Waals surface area contributed by atoms with Gasteiger partial charge in [0.25, 0.3) is 0 Å². The molecule has 0 saturated carbocycles. The van der Waals surface area contributed by atoms with Crippen LogP contribution in [0.4, 0.5) is 0 Å². The maximum Gasteiger partial charge on any atom is 0.166 e. The Kier molecular flexibility index (Phi) is 6.74. The molecule has 0 fully saturated rings. The van der Waals surface area contributed by atoms with Crippen LogP contribution < -0.4 is 14.8 Å². The van der Waals surface area contributed by atoms with E-state index in [9.17, 15) is 0 Å². The second kappa shape index (κ2) is 8.81. The molecule has 0 aliphatic rings. The highest BCUT2D eigenvalue weighted by molar-refractivity contribution is 9.10. The molecule has 4 heteroatoms. The molecule has 0 bridgehead atoms. The summed E-state index contributed by atoms with van der Waals surface area (Å²) in [6.07, 6.45) is 1.01. The summed E-state index contributed by atoms with van der Waals surface area (Å²) in [5.41, 5.74) is 2.43. The Hall–Kier alpha value is -1.52. The largest absolute Gasteiger partial charge is 0.493 e. The summed E-state index contributed by atoms with van der Waals surface area (Å²) in [5.74, 6) is 1.58. The van der Waals surface area contributed by atoms with Crippen molar-refractivity contribution >= 4 is 15.9 Å². The van der Waals surface area contributed by atoms with Crippen LogP contribution in [0.15, 0.2) is 46.9 Å². The van der Waals surface area contributed by atoms with Gasteiger partial charge in [-0.2, -0.15) is 0 Å². The quantitative estimate of drug-likeness (QED) is 0.713. The summed E-state index contributed by atoms with van der Waals surface area (Å²) >= 11 is 3.60. The molecule has 0 aliphatic heterocycles. The maximum atomic E-state index is 5.76. The SMILES string of the molecule is CCOc1c(OC)ccc(Br)c1CNCCc1ccccc1. The van der Waals surface area contributed by atoms with Gasteiger partial charge in [0.1, 0.15) is 0 Å². The molecule has 0 spiro atoms. The number of nitrogens with one attached hydrogen (secondary N) is 1. The molecule has 118 valence electrons. The Balaban J connectivity index is 1.99. The van der Waals surface area contributed by atoms with Crippen molar-refractivity contribution in [3.05, 3.63) is 58.1 Å². The molecular weight excluding hydrogens is 342 g/mol. The highest BCUT2D eigenvalue weighted by atomic mass is 79.9. The number of halogens is 1. The normalized spacial score (nSPS) is 10.5. The van der Waals surface area contributed by atoms with Gasteiger partial charge in [-0.3, -0.25) is 0 Å². The van der Waals surface area contributed by atoms with Crippen LogP contribution in [0, 0.1) is 0 Å². The molecule has 3 nitrogen and oxygen atoms in total. The summed E-state index contributed by atoms with van der Waals surface area (Å²) in [6.45, 7) is 4.25. The van der Waals surface area contributed by atoms with Gasteiger partial charge in [-0.05, 0) is 37.6 Å². The number of rotatable bonds is 8. The number of hydrogen-bond donors (Lipinski definition) is 1. The van der Waals surface area contributed by atoms with Gasteiger partial charge < -0.3 is 14.8 Å². The van der Waals surface area contributed by atoms with Crippen LogP contribution in [0.25, 0.3) is 0 Å². The van der Waals surface area contributed by atoms with Crippen molar-refractivity contribution in [1.29, 1.82) is 0 Å². The first-order valence-electron chi connectivity index (χ1n) is 7.49. The minimum absolute atomic E-state index is 0.615. The lowest BCUT2D eigenvalue weighted by molar-refractivity contribution is 0.306. The highest BCUT2D eigenvalue weighted by Crippen LogP contribution is 2.36. The second-order valence-electron chi connectivity index (χ2n) is 4.90. The number of ether oxygens (including phenoxy) is 2. The van der Waals surface area contributed by atoms with Crippen molar-refractivity contribution in [3.8, 4) is 11.5 Å². The van der Waals surface area contributed by atoms with E-state index in [1.165, 1.54) is 5.56 Å². The molecule has 0 unspecified atom stereocenters. The molecule has 2 rings (SSSR count). The predicted octanol–water partition coefficient (Wildman–Crippen LogP) is 4.19. The monoisotopic (exact) mass is 363 g/mol. The van der Waals surface area contributed by atoms with E-state index >= 15 is 0 Å². The first-order chi connectivity index (χ1) is 10.8.